The van der Waals surface area contributed by atoms with Crippen molar-refractivity contribution in [3.63, 3.8) is 0 Å². The van der Waals surface area contributed by atoms with E-state index < -0.39 is 11.7 Å². The highest BCUT2D eigenvalue weighted by Crippen LogP contribution is 2.25. The zero-order valence-corrected chi connectivity index (χ0v) is 14.1. The SMILES string of the molecule is O=C(Nc1ccc(Cl)c(Cl)c1)c1ccnc(Nc2ccccc2F)n1. The van der Waals surface area contributed by atoms with E-state index in [4.69, 9.17) is 23.2 Å². The van der Waals surface area contributed by atoms with Gasteiger partial charge in [0.05, 0.1) is 15.7 Å². The summed E-state index contributed by atoms with van der Waals surface area (Å²) in [6.45, 7) is 0. The van der Waals surface area contributed by atoms with Gasteiger partial charge < -0.3 is 10.6 Å². The first kappa shape index (κ1) is 17.1. The second-order valence-electron chi connectivity index (χ2n) is 4.95. The fraction of sp³-hybridized carbons (Fsp3) is 0. The minimum Gasteiger partial charge on any atom is -0.322 e. The molecular weight excluding hydrogens is 366 g/mol. The second kappa shape index (κ2) is 7.46. The summed E-state index contributed by atoms with van der Waals surface area (Å²) in [6, 6.07) is 12.3. The molecule has 2 aromatic carbocycles. The molecule has 0 aliphatic heterocycles. The van der Waals surface area contributed by atoms with Crippen LogP contribution in [0.5, 0.6) is 0 Å². The normalized spacial score (nSPS) is 10.4. The van der Waals surface area contributed by atoms with Crippen LogP contribution < -0.4 is 10.6 Å². The molecule has 0 aliphatic carbocycles. The van der Waals surface area contributed by atoms with Crippen molar-refractivity contribution in [3.8, 4) is 0 Å². The van der Waals surface area contributed by atoms with Crippen molar-refractivity contribution >= 4 is 46.4 Å². The average molecular weight is 377 g/mol. The van der Waals surface area contributed by atoms with Gasteiger partial charge >= 0.3 is 0 Å². The Bertz CT molecular complexity index is 936. The summed E-state index contributed by atoms with van der Waals surface area (Å²) in [5, 5.41) is 6.10. The Hall–Kier alpha value is -2.70. The number of hydrogen-bond acceptors (Lipinski definition) is 4. The largest absolute Gasteiger partial charge is 0.322 e. The first-order chi connectivity index (χ1) is 12.0. The number of carbonyl (C=O) groups excluding carboxylic acids is 1. The average Bonchev–Trinajstić information content (AvgIpc) is 2.60. The zero-order valence-electron chi connectivity index (χ0n) is 12.6. The third-order valence-electron chi connectivity index (χ3n) is 3.19. The molecule has 3 rings (SSSR count). The van der Waals surface area contributed by atoms with Crippen LogP contribution in [-0.2, 0) is 0 Å². The number of benzene rings is 2. The molecule has 126 valence electrons. The first-order valence-corrected chi connectivity index (χ1v) is 7.89. The van der Waals surface area contributed by atoms with Crippen LogP contribution in [-0.4, -0.2) is 15.9 Å². The lowest BCUT2D eigenvalue weighted by molar-refractivity contribution is 0.102. The van der Waals surface area contributed by atoms with Crippen LogP contribution in [0.2, 0.25) is 10.0 Å². The third kappa shape index (κ3) is 4.23. The van der Waals surface area contributed by atoms with Crippen LogP contribution in [0, 0.1) is 5.82 Å². The van der Waals surface area contributed by atoms with E-state index in [1.165, 1.54) is 24.4 Å². The monoisotopic (exact) mass is 376 g/mol. The van der Waals surface area contributed by atoms with E-state index in [1.807, 2.05) is 0 Å². The summed E-state index contributed by atoms with van der Waals surface area (Å²) in [6.07, 6.45) is 1.40. The van der Waals surface area contributed by atoms with E-state index >= 15 is 0 Å². The number of halogens is 3. The lowest BCUT2D eigenvalue weighted by Crippen LogP contribution is -2.14. The summed E-state index contributed by atoms with van der Waals surface area (Å²) in [5.41, 5.74) is 0.797. The smallest absolute Gasteiger partial charge is 0.274 e. The van der Waals surface area contributed by atoms with Crippen molar-refractivity contribution in [2.75, 3.05) is 10.6 Å². The van der Waals surface area contributed by atoms with Crippen molar-refractivity contribution in [1.29, 1.82) is 0 Å². The Balaban J connectivity index is 1.77. The van der Waals surface area contributed by atoms with Gasteiger partial charge in [0.1, 0.15) is 11.5 Å². The topological polar surface area (TPSA) is 66.9 Å². The second-order valence-corrected chi connectivity index (χ2v) is 5.77. The number of anilines is 3. The number of nitrogens with one attached hydrogen (secondary N) is 2. The molecule has 1 amide bonds. The molecule has 0 atom stereocenters. The van der Waals surface area contributed by atoms with Crippen LogP contribution in [0.4, 0.5) is 21.7 Å². The molecule has 0 saturated heterocycles. The van der Waals surface area contributed by atoms with Crippen molar-refractivity contribution in [3.05, 3.63) is 76.3 Å². The zero-order chi connectivity index (χ0) is 17.8. The standard InChI is InChI=1S/C17H11Cl2FN4O/c18-11-6-5-10(9-12(11)19)22-16(25)15-7-8-21-17(24-15)23-14-4-2-1-3-13(14)20/h1-9H,(H,22,25)(H,21,23,24). The molecule has 0 bridgehead atoms. The molecule has 0 unspecified atom stereocenters. The van der Waals surface area contributed by atoms with Crippen LogP contribution in [0.25, 0.3) is 0 Å². The van der Waals surface area contributed by atoms with Crippen LogP contribution in [0.15, 0.2) is 54.7 Å². The Morgan fingerprint density at radius 1 is 1.04 bits per heavy atom. The Morgan fingerprint density at radius 3 is 2.60 bits per heavy atom. The molecule has 1 heterocycles. The summed E-state index contributed by atoms with van der Waals surface area (Å²) in [5.74, 6) is -0.805. The third-order valence-corrected chi connectivity index (χ3v) is 3.93. The maximum absolute atomic E-state index is 13.7. The van der Waals surface area contributed by atoms with Crippen LogP contribution in [0.1, 0.15) is 10.5 Å². The number of rotatable bonds is 4. The fourth-order valence-corrected chi connectivity index (χ4v) is 2.30. The minimum absolute atomic E-state index is 0.104. The minimum atomic E-state index is -0.461. The first-order valence-electron chi connectivity index (χ1n) is 7.14. The van der Waals surface area contributed by atoms with Gasteiger partial charge in [-0.2, -0.15) is 0 Å². The number of carbonyl (C=O) groups is 1. The van der Waals surface area contributed by atoms with Gasteiger partial charge in [-0.05, 0) is 36.4 Å². The predicted octanol–water partition coefficient (Wildman–Crippen LogP) is 4.92. The number of amides is 1. The molecule has 1 aromatic heterocycles. The molecule has 8 heteroatoms. The fourth-order valence-electron chi connectivity index (χ4n) is 2.00. The summed E-state index contributed by atoms with van der Waals surface area (Å²) >= 11 is 11.8. The Kier molecular flexibility index (Phi) is 5.11. The molecule has 3 aromatic rings. The van der Waals surface area contributed by atoms with Crippen molar-refractivity contribution in [1.82, 2.24) is 9.97 Å². The van der Waals surface area contributed by atoms with E-state index in [0.29, 0.717) is 15.7 Å². The highest BCUT2D eigenvalue weighted by molar-refractivity contribution is 6.42. The molecule has 25 heavy (non-hydrogen) atoms. The van der Waals surface area contributed by atoms with Gasteiger partial charge in [-0.25, -0.2) is 14.4 Å². The Morgan fingerprint density at radius 2 is 1.84 bits per heavy atom. The number of para-hydroxylation sites is 1. The summed E-state index contributed by atoms with van der Waals surface area (Å²) < 4.78 is 13.7. The van der Waals surface area contributed by atoms with Crippen molar-refractivity contribution < 1.29 is 9.18 Å². The molecule has 2 N–H and O–H groups in total. The lowest BCUT2D eigenvalue weighted by atomic mass is 10.3. The van der Waals surface area contributed by atoms with Gasteiger partial charge in [-0.3, -0.25) is 4.79 Å². The van der Waals surface area contributed by atoms with E-state index in [-0.39, 0.29) is 17.3 Å². The molecule has 0 fully saturated rings. The van der Waals surface area contributed by atoms with Crippen LogP contribution in [0.3, 0.4) is 0 Å². The number of nitrogens with zero attached hydrogens (tertiary/aromatic N) is 2. The van der Waals surface area contributed by atoms with E-state index in [1.54, 1.807) is 30.3 Å². The van der Waals surface area contributed by atoms with Gasteiger partial charge in [0.2, 0.25) is 5.95 Å². The van der Waals surface area contributed by atoms with Gasteiger partial charge in [-0.1, -0.05) is 35.3 Å². The molecule has 0 aliphatic rings. The quantitative estimate of drug-likeness (QED) is 0.678. The van der Waals surface area contributed by atoms with Gasteiger partial charge in [0, 0.05) is 11.9 Å². The van der Waals surface area contributed by atoms with Crippen molar-refractivity contribution in [2.24, 2.45) is 0 Å². The summed E-state index contributed by atoms with van der Waals surface area (Å²) in [4.78, 5) is 20.4. The van der Waals surface area contributed by atoms with E-state index in [0.717, 1.165) is 0 Å². The molecular formula is C17H11Cl2FN4O. The van der Waals surface area contributed by atoms with Gasteiger partial charge in [0.15, 0.2) is 0 Å². The van der Waals surface area contributed by atoms with E-state index in [2.05, 4.69) is 20.6 Å². The van der Waals surface area contributed by atoms with E-state index in [9.17, 15) is 9.18 Å². The maximum Gasteiger partial charge on any atom is 0.274 e. The number of aromatic nitrogens is 2. The molecule has 5 nitrogen and oxygen atoms in total. The van der Waals surface area contributed by atoms with Gasteiger partial charge in [0.25, 0.3) is 5.91 Å². The molecule has 0 spiro atoms. The highest BCUT2D eigenvalue weighted by atomic mass is 35.5. The van der Waals surface area contributed by atoms with Gasteiger partial charge in [-0.15, -0.1) is 0 Å². The van der Waals surface area contributed by atoms with Crippen molar-refractivity contribution in [2.45, 2.75) is 0 Å². The molecule has 0 radical (unpaired) electrons. The molecule has 0 saturated carbocycles. The Labute approximate surface area is 152 Å². The maximum atomic E-state index is 13.7. The van der Waals surface area contributed by atoms with Crippen LogP contribution >= 0.6 is 23.2 Å². The highest BCUT2D eigenvalue weighted by Gasteiger charge is 2.11. The predicted molar refractivity (Wildman–Crippen MR) is 96.1 cm³/mol. The lowest BCUT2D eigenvalue weighted by Gasteiger charge is -2.08. The summed E-state index contributed by atoms with van der Waals surface area (Å²) in [7, 11) is 0. The number of hydrogen-bond donors (Lipinski definition) is 2.